The summed E-state index contributed by atoms with van der Waals surface area (Å²) >= 11 is 0. The Hall–Kier alpha value is -3.75. The van der Waals surface area contributed by atoms with E-state index in [1.165, 1.54) is 45.6 Å². The summed E-state index contributed by atoms with van der Waals surface area (Å²) in [6, 6.07) is 9.23. The third-order valence-electron chi connectivity index (χ3n) is 4.16. The first-order valence-corrected chi connectivity index (χ1v) is 9.12. The summed E-state index contributed by atoms with van der Waals surface area (Å²) in [5.74, 6) is -0.380. The summed E-state index contributed by atoms with van der Waals surface area (Å²) < 4.78 is 15.6. The number of benzene rings is 2. The lowest BCUT2D eigenvalue weighted by Gasteiger charge is -2.14. The first-order chi connectivity index (χ1) is 14.3. The number of hydrogen-bond donors (Lipinski definition) is 3. The average molecular weight is 415 g/mol. The van der Waals surface area contributed by atoms with E-state index >= 15 is 0 Å². The van der Waals surface area contributed by atoms with E-state index in [1.54, 1.807) is 26.0 Å². The van der Waals surface area contributed by atoms with Gasteiger partial charge in [0.05, 0.1) is 21.3 Å². The van der Waals surface area contributed by atoms with Crippen LogP contribution in [0.1, 0.15) is 34.6 Å². The smallest absolute Gasteiger partial charge is 0.269 e. The summed E-state index contributed by atoms with van der Waals surface area (Å²) in [6.45, 7) is 3.57. The van der Waals surface area contributed by atoms with Crippen molar-refractivity contribution in [3.05, 3.63) is 47.5 Å². The molecule has 2 rings (SSSR count). The van der Waals surface area contributed by atoms with Crippen molar-refractivity contribution in [2.24, 2.45) is 5.92 Å². The van der Waals surface area contributed by atoms with Gasteiger partial charge in [-0.1, -0.05) is 13.8 Å². The Bertz CT molecular complexity index is 900. The highest BCUT2D eigenvalue weighted by Crippen LogP contribution is 2.38. The summed E-state index contributed by atoms with van der Waals surface area (Å²) in [5.41, 5.74) is 5.77. The molecule has 0 spiro atoms. The van der Waals surface area contributed by atoms with E-state index in [0.29, 0.717) is 28.5 Å². The average Bonchev–Trinajstić information content (AvgIpc) is 2.76. The first kappa shape index (κ1) is 22.5. The zero-order valence-electron chi connectivity index (χ0n) is 17.5. The number of anilines is 1. The van der Waals surface area contributed by atoms with E-state index < -0.39 is 11.8 Å². The maximum absolute atomic E-state index is 12.4. The van der Waals surface area contributed by atoms with Gasteiger partial charge in [0.1, 0.15) is 0 Å². The Balaban J connectivity index is 2.04. The number of carbonyl (C=O) groups excluding carboxylic acids is 3. The van der Waals surface area contributed by atoms with Crippen LogP contribution in [0.25, 0.3) is 0 Å². The molecule has 160 valence electrons. The van der Waals surface area contributed by atoms with Gasteiger partial charge in [0, 0.05) is 22.7 Å². The summed E-state index contributed by atoms with van der Waals surface area (Å²) in [5, 5.41) is 2.74. The fraction of sp³-hybridized carbons (Fsp3) is 0.286. The molecule has 30 heavy (non-hydrogen) atoms. The topological polar surface area (TPSA) is 115 Å². The fourth-order valence-corrected chi connectivity index (χ4v) is 2.46. The van der Waals surface area contributed by atoms with Gasteiger partial charge >= 0.3 is 0 Å². The zero-order valence-corrected chi connectivity index (χ0v) is 17.5. The van der Waals surface area contributed by atoms with Crippen LogP contribution in [0, 0.1) is 5.92 Å². The molecule has 0 heterocycles. The second-order valence-corrected chi connectivity index (χ2v) is 6.54. The maximum Gasteiger partial charge on any atom is 0.269 e. The maximum atomic E-state index is 12.4. The number of hydrogen-bond acceptors (Lipinski definition) is 6. The Morgan fingerprint density at radius 3 is 1.70 bits per heavy atom. The van der Waals surface area contributed by atoms with Crippen LogP contribution in [0.2, 0.25) is 0 Å². The summed E-state index contributed by atoms with van der Waals surface area (Å²) in [7, 11) is 4.34. The van der Waals surface area contributed by atoms with Gasteiger partial charge in [-0.05, 0) is 36.4 Å². The lowest BCUT2D eigenvalue weighted by Crippen LogP contribution is -2.41. The van der Waals surface area contributed by atoms with Crippen molar-refractivity contribution in [2.45, 2.75) is 13.8 Å². The molecule has 0 radical (unpaired) electrons. The third kappa shape index (κ3) is 5.40. The van der Waals surface area contributed by atoms with Crippen LogP contribution in [0.4, 0.5) is 5.69 Å². The van der Waals surface area contributed by atoms with Crippen LogP contribution in [0.3, 0.4) is 0 Å². The highest BCUT2D eigenvalue weighted by Gasteiger charge is 2.17. The molecule has 3 N–H and O–H groups in total. The molecule has 9 heteroatoms. The molecule has 0 fully saturated rings. The molecule has 0 bridgehead atoms. The van der Waals surface area contributed by atoms with E-state index in [-0.39, 0.29) is 17.4 Å². The zero-order chi connectivity index (χ0) is 22.3. The van der Waals surface area contributed by atoms with Gasteiger partial charge < -0.3 is 19.5 Å². The van der Waals surface area contributed by atoms with E-state index in [9.17, 15) is 14.4 Å². The third-order valence-corrected chi connectivity index (χ3v) is 4.16. The van der Waals surface area contributed by atoms with Crippen LogP contribution in [0.15, 0.2) is 36.4 Å². The van der Waals surface area contributed by atoms with Gasteiger partial charge in [-0.25, -0.2) is 0 Å². The fourth-order valence-electron chi connectivity index (χ4n) is 2.46. The molecule has 0 aliphatic heterocycles. The molecule has 0 unspecified atom stereocenters. The Kier molecular flexibility index (Phi) is 7.62. The second kappa shape index (κ2) is 10.1. The van der Waals surface area contributed by atoms with E-state index in [4.69, 9.17) is 14.2 Å². The number of rotatable bonds is 7. The number of carbonyl (C=O) groups is 3. The molecule has 0 saturated heterocycles. The number of hydrazine groups is 1. The largest absolute Gasteiger partial charge is 0.493 e. The minimum absolute atomic E-state index is 0.121. The number of methoxy groups -OCH3 is 3. The van der Waals surface area contributed by atoms with Crippen LogP contribution >= 0.6 is 0 Å². The highest BCUT2D eigenvalue weighted by molar-refractivity contribution is 6.00. The van der Waals surface area contributed by atoms with Crippen molar-refractivity contribution in [3.63, 3.8) is 0 Å². The molecule has 0 aromatic heterocycles. The molecular weight excluding hydrogens is 390 g/mol. The quantitative estimate of drug-likeness (QED) is 0.598. The van der Waals surface area contributed by atoms with Crippen LogP contribution < -0.4 is 30.4 Å². The van der Waals surface area contributed by atoms with Crippen molar-refractivity contribution in [1.29, 1.82) is 0 Å². The predicted molar refractivity (Wildman–Crippen MR) is 111 cm³/mol. The summed E-state index contributed by atoms with van der Waals surface area (Å²) in [4.78, 5) is 36.4. The normalized spacial score (nSPS) is 10.2. The molecule has 0 atom stereocenters. The molecule has 9 nitrogen and oxygen atoms in total. The molecule has 0 saturated carbocycles. The number of nitrogens with one attached hydrogen (secondary N) is 3. The lowest BCUT2D eigenvalue weighted by molar-refractivity contribution is -0.118. The second-order valence-electron chi connectivity index (χ2n) is 6.54. The van der Waals surface area contributed by atoms with Crippen LogP contribution in [0.5, 0.6) is 17.2 Å². The van der Waals surface area contributed by atoms with Gasteiger partial charge in [-0.15, -0.1) is 0 Å². The molecule has 2 aromatic carbocycles. The van der Waals surface area contributed by atoms with Crippen LogP contribution in [-0.4, -0.2) is 39.1 Å². The van der Waals surface area contributed by atoms with E-state index in [2.05, 4.69) is 16.2 Å². The molecule has 0 aliphatic carbocycles. The van der Waals surface area contributed by atoms with Gasteiger partial charge in [0.2, 0.25) is 11.7 Å². The van der Waals surface area contributed by atoms with Crippen molar-refractivity contribution in [2.75, 3.05) is 26.6 Å². The molecule has 2 aromatic rings. The van der Waals surface area contributed by atoms with Gasteiger partial charge in [0.25, 0.3) is 11.8 Å². The number of amides is 3. The van der Waals surface area contributed by atoms with Crippen molar-refractivity contribution >= 4 is 23.4 Å². The first-order valence-electron chi connectivity index (χ1n) is 9.12. The molecular formula is C21H25N3O6. The monoisotopic (exact) mass is 415 g/mol. The SMILES string of the molecule is COc1cc(C(=O)NNC(=O)c2ccc(NC(=O)C(C)C)cc2)cc(OC)c1OC. The minimum Gasteiger partial charge on any atom is -0.493 e. The minimum atomic E-state index is -0.566. The van der Waals surface area contributed by atoms with Gasteiger partial charge in [-0.2, -0.15) is 0 Å². The van der Waals surface area contributed by atoms with Crippen molar-refractivity contribution < 1.29 is 28.6 Å². The van der Waals surface area contributed by atoms with Crippen molar-refractivity contribution in [1.82, 2.24) is 10.9 Å². The summed E-state index contributed by atoms with van der Waals surface area (Å²) in [6.07, 6.45) is 0. The van der Waals surface area contributed by atoms with Crippen LogP contribution in [-0.2, 0) is 4.79 Å². The Labute approximate surface area is 174 Å². The van der Waals surface area contributed by atoms with E-state index in [0.717, 1.165) is 0 Å². The molecule has 0 aliphatic rings. The van der Waals surface area contributed by atoms with Gasteiger partial charge in [0.15, 0.2) is 11.5 Å². The van der Waals surface area contributed by atoms with Gasteiger partial charge in [-0.3, -0.25) is 25.2 Å². The standard InChI is InChI=1S/C21H25N3O6/c1-12(2)19(25)22-15-8-6-13(7-9-15)20(26)23-24-21(27)14-10-16(28-3)18(30-5)17(11-14)29-4/h6-12H,1-5H3,(H,22,25)(H,23,26)(H,24,27). The Morgan fingerprint density at radius 1 is 0.767 bits per heavy atom. The number of ether oxygens (including phenoxy) is 3. The van der Waals surface area contributed by atoms with Crippen molar-refractivity contribution in [3.8, 4) is 17.2 Å². The highest BCUT2D eigenvalue weighted by atomic mass is 16.5. The lowest BCUT2D eigenvalue weighted by atomic mass is 10.1. The molecule has 3 amide bonds. The Morgan fingerprint density at radius 2 is 1.27 bits per heavy atom. The van der Waals surface area contributed by atoms with E-state index in [1.807, 2.05) is 0 Å². The predicted octanol–water partition coefficient (Wildman–Crippen LogP) is 2.38.